The van der Waals surface area contributed by atoms with E-state index < -0.39 is 17.6 Å². The number of alkyl halides is 3. The highest BCUT2D eigenvalue weighted by Gasteiger charge is 2.31. The lowest BCUT2D eigenvalue weighted by Crippen LogP contribution is -2.19. The van der Waals surface area contributed by atoms with Crippen molar-refractivity contribution in [3.63, 3.8) is 0 Å². The Morgan fingerprint density at radius 3 is 2.32 bits per heavy atom. The highest BCUT2D eigenvalue weighted by molar-refractivity contribution is 8.00. The van der Waals surface area contributed by atoms with Gasteiger partial charge in [0, 0.05) is 18.1 Å². The number of nitrogens with zero attached hydrogens (tertiary/aromatic N) is 2. The van der Waals surface area contributed by atoms with E-state index in [-0.39, 0.29) is 23.1 Å². The molecule has 0 saturated carbocycles. The SMILES string of the molecule is Cc1ccc(NC(=O)CSCC(=O)Nc2cc(C(F)(F)F)ccc2-n2cccn2)cc1. The van der Waals surface area contributed by atoms with Crippen molar-refractivity contribution in [3.05, 3.63) is 72.1 Å². The van der Waals surface area contributed by atoms with Crippen molar-refractivity contribution in [2.75, 3.05) is 22.1 Å². The van der Waals surface area contributed by atoms with Crippen LogP contribution in [0.4, 0.5) is 24.5 Å². The number of aromatic nitrogens is 2. The number of hydrogen-bond donors (Lipinski definition) is 2. The minimum absolute atomic E-state index is 0.0202. The van der Waals surface area contributed by atoms with Crippen molar-refractivity contribution >= 4 is 35.0 Å². The highest BCUT2D eigenvalue weighted by atomic mass is 32.2. The van der Waals surface area contributed by atoms with Gasteiger partial charge in [0.25, 0.3) is 0 Å². The molecule has 0 aliphatic heterocycles. The Labute approximate surface area is 180 Å². The van der Waals surface area contributed by atoms with Gasteiger partial charge in [-0.05, 0) is 43.3 Å². The van der Waals surface area contributed by atoms with Gasteiger partial charge in [-0.3, -0.25) is 9.59 Å². The summed E-state index contributed by atoms with van der Waals surface area (Å²) in [5.41, 5.74) is 1.10. The first-order valence-corrected chi connectivity index (χ1v) is 10.3. The fourth-order valence-corrected chi connectivity index (χ4v) is 3.30. The van der Waals surface area contributed by atoms with Crippen LogP contribution in [-0.4, -0.2) is 33.1 Å². The molecule has 2 amide bonds. The number of hydrogen-bond acceptors (Lipinski definition) is 4. The largest absolute Gasteiger partial charge is 0.416 e. The summed E-state index contributed by atoms with van der Waals surface area (Å²) in [5, 5.41) is 9.21. The monoisotopic (exact) mass is 448 g/mol. The quantitative estimate of drug-likeness (QED) is 0.558. The summed E-state index contributed by atoms with van der Waals surface area (Å²) in [5.74, 6) is -0.884. The molecule has 3 rings (SSSR count). The van der Waals surface area contributed by atoms with Gasteiger partial charge in [0.05, 0.1) is 28.4 Å². The first kappa shape index (κ1) is 22.4. The average Bonchev–Trinajstić information content (AvgIpc) is 3.23. The molecule has 0 bridgehead atoms. The molecule has 162 valence electrons. The number of carbonyl (C=O) groups excluding carboxylic acids is 2. The third-order valence-electron chi connectivity index (χ3n) is 4.15. The van der Waals surface area contributed by atoms with Gasteiger partial charge in [-0.25, -0.2) is 4.68 Å². The third kappa shape index (κ3) is 6.35. The molecule has 0 unspecified atom stereocenters. The molecule has 10 heteroatoms. The number of anilines is 2. The van der Waals surface area contributed by atoms with Crippen molar-refractivity contribution in [2.45, 2.75) is 13.1 Å². The molecule has 0 radical (unpaired) electrons. The van der Waals surface area contributed by atoms with Crippen LogP contribution in [0.3, 0.4) is 0 Å². The van der Waals surface area contributed by atoms with E-state index in [1.807, 2.05) is 19.1 Å². The third-order valence-corrected chi connectivity index (χ3v) is 5.08. The molecule has 0 aliphatic carbocycles. The Bertz CT molecular complexity index is 1050. The Hall–Kier alpha value is -3.27. The van der Waals surface area contributed by atoms with E-state index in [2.05, 4.69) is 15.7 Å². The van der Waals surface area contributed by atoms with E-state index in [1.165, 1.54) is 16.9 Å². The molecule has 31 heavy (non-hydrogen) atoms. The summed E-state index contributed by atoms with van der Waals surface area (Å²) in [6.45, 7) is 1.93. The second-order valence-corrected chi connectivity index (χ2v) is 7.62. The Kier molecular flexibility index (Phi) is 7.01. The fourth-order valence-electron chi connectivity index (χ4n) is 2.68. The second kappa shape index (κ2) is 9.69. The van der Waals surface area contributed by atoms with E-state index in [9.17, 15) is 22.8 Å². The zero-order chi connectivity index (χ0) is 22.4. The van der Waals surface area contributed by atoms with Crippen molar-refractivity contribution in [1.82, 2.24) is 9.78 Å². The molecule has 0 atom stereocenters. The van der Waals surface area contributed by atoms with Crippen LogP contribution in [0.25, 0.3) is 5.69 Å². The maximum absolute atomic E-state index is 13.1. The van der Waals surface area contributed by atoms with Crippen molar-refractivity contribution in [2.24, 2.45) is 0 Å². The molecule has 1 heterocycles. The zero-order valence-corrected chi connectivity index (χ0v) is 17.3. The Balaban J connectivity index is 1.60. The summed E-state index contributed by atoms with van der Waals surface area (Å²) in [6.07, 6.45) is -1.51. The van der Waals surface area contributed by atoms with Gasteiger partial charge in [0.1, 0.15) is 0 Å². The van der Waals surface area contributed by atoms with E-state index in [4.69, 9.17) is 0 Å². The summed E-state index contributed by atoms with van der Waals surface area (Å²) < 4.78 is 40.6. The van der Waals surface area contributed by atoms with Crippen LogP contribution >= 0.6 is 11.8 Å². The van der Waals surface area contributed by atoms with Crippen molar-refractivity contribution in [3.8, 4) is 5.69 Å². The number of thioether (sulfide) groups is 1. The van der Waals surface area contributed by atoms with Crippen molar-refractivity contribution in [1.29, 1.82) is 0 Å². The van der Waals surface area contributed by atoms with Crippen molar-refractivity contribution < 1.29 is 22.8 Å². The maximum atomic E-state index is 13.1. The maximum Gasteiger partial charge on any atom is 0.416 e. The van der Waals surface area contributed by atoms with Gasteiger partial charge in [0.15, 0.2) is 0 Å². The van der Waals surface area contributed by atoms with E-state index >= 15 is 0 Å². The van der Waals surface area contributed by atoms with Crippen LogP contribution < -0.4 is 10.6 Å². The second-order valence-electron chi connectivity index (χ2n) is 6.64. The zero-order valence-electron chi connectivity index (χ0n) is 16.4. The number of benzene rings is 2. The molecular weight excluding hydrogens is 429 g/mol. The standard InChI is InChI=1S/C21H19F3N4O2S/c1-14-3-6-16(7-4-14)26-19(29)12-31-13-20(30)27-17-11-15(21(22,23)24)5-8-18(17)28-10-2-9-25-28/h2-11H,12-13H2,1H3,(H,26,29)(H,27,30). The van der Waals surface area contributed by atoms with Crippen LogP contribution in [0.2, 0.25) is 0 Å². The van der Waals surface area contributed by atoms with E-state index in [0.717, 1.165) is 29.5 Å². The minimum Gasteiger partial charge on any atom is -0.325 e. The molecule has 2 N–H and O–H groups in total. The molecule has 2 aromatic carbocycles. The van der Waals surface area contributed by atoms with Crippen LogP contribution in [0.1, 0.15) is 11.1 Å². The number of aryl methyl sites for hydroxylation is 1. The first-order chi connectivity index (χ1) is 14.7. The molecule has 1 aromatic heterocycles. The summed E-state index contributed by atoms with van der Waals surface area (Å²) in [7, 11) is 0. The van der Waals surface area contributed by atoms with E-state index in [0.29, 0.717) is 11.4 Å². The predicted molar refractivity (Wildman–Crippen MR) is 114 cm³/mol. The number of rotatable bonds is 7. The number of amides is 2. The van der Waals surface area contributed by atoms with Gasteiger partial charge in [0.2, 0.25) is 11.8 Å². The van der Waals surface area contributed by atoms with Crippen LogP contribution in [-0.2, 0) is 15.8 Å². The van der Waals surface area contributed by atoms with Gasteiger partial charge < -0.3 is 10.6 Å². The lowest BCUT2D eigenvalue weighted by atomic mass is 10.1. The fraction of sp³-hybridized carbons (Fsp3) is 0.190. The molecule has 0 fully saturated rings. The molecule has 0 saturated heterocycles. The normalized spacial score (nSPS) is 11.2. The lowest BCUT2D eigenvalue weighted by Gasteiger charge is -2.14. The molecule has 6 nitrogen and oxygen atoms in total. The first-order valence-electron chi connectivity index (χ1n) is 9.18. The van der Waals surface area contributed by atoms with Gasteiger partial charge in [-0.15, -0.1) is 11.8 Å². The number of halogens is 3. The number of carbonyl (C=O) groups is 2. The molecular formula is C21H19F3N4O2S. The lowest BCUT2D eigenvalue weighted by molar-refractivity contribution is -0.137. The minimum atomic E-state index is -4.55. The summed E-state index contributed by atoms with van der Waals surface area (Å²) in [6, 6.07) is 11.9. The summed E-state index contributed by atoms with van der Waals surface area (Å²) >= 11 is 1.06. The Morgan fingerprint density at radius 1 is 1.03 bits per heavy atom. The number of nitrogens with one attached hydrogen (secondary N) is 2. The molecule has 0 aliphatic rings. The topological polar surface area (TPSA) is 76.0 Å². The average molecular weight is 448 g/mol. The smallest absolute Gasteiger partial charge is 0.325 e. The van der Waals surface area contributed by atoms with Gasteiger partial charge in [-0.1, -0.05) is 17.7 Å². The van der Waals surface area contributed by atoms with Crippen LogP contribution in [0.15, 0.2) is 60.9 Å². The van der Waals surface area contributed by atoms with Gasteiger partial charge in [-0.2, -0.15) is 18.3 Å². The Morgan fingerprint density at radius 2 is 1.71 bits per heavy atom. The summed E-state index contributed by atoms with van der Waals surface area (Å²) in [4.78, 5) is 24.3. The predicted octanol–water partition coefficient (Wildman–Crippen LogP) is 4.51. The van der Waals surface area contributed by atoms with Crippen LogP contribution in [0, 0.1) is 6.92 Å². The van der Waals surface area contributed by atoms with E-state index in [1.54, 1.807) is 24.4 Å². The molecule has 3 aromatic rings. The molecule has 0 spiro atoms. The van der Waals surface area contributed by atoms with Crippen LogP contribution in [0.5, 0.6) is 0 Å². The highest BCUT2D eigenvalue weighted by Crippen LogP contribution is 2.33. The van der Waals surface area contributed by atoms with Gasteiger partial charge >= 0.3 is 6.18 Å².